The number of aromatic hydroxyl groups is 1. The first kappa shape index (κ1) is 12.9. The Labute approximate surface area is 119 Å². The van der Waals surface area contributed by atoms with Crippen LogP contribution in [0, 0.1) is 0 Å². The maximum absolute atomic E-state index is 11.3. The van der Waals surface area contributed by atoms with Gasteiger partial charge in [0.1, 0.15) is 11.5 Å². The van der Waals surface area contributed by atoms with E-state index in [0.717, 1.165) is 10.8 Å². The molecule has 0 saturated carbocycles. The van der Waals surface area contributed by atoms with E-state index < -0.39 is 5.91 Å². The first-order valence-corrected chi connectivity index (χ1v) is 6.15. The van der Waals surface area contributed by atoms with Gasteiger partial charge in [-0.3, -0.25) is 4.79 Å². The molecule has 21 heavy (non-hydrogen) atoms. The summed E-state index contributed by atoms with van der Waals surface area (Å²) in [5.41, 5.74) is 5.19. The quantitative estimate of drug-likeness (QED) is 0.767. The van der Waals surface area contributed by atoms with Crippen molar-refractivity contribution in [2.45, 2.75) is 0 Å². The average molecular weight is 281 g/mol. The highest BCUT2D eigenvalue weighted by Crippen LogP contribution is 2.27. The summed E-state index contributed by atoms with van der Waals surface area (Å²) < 4.78 is 5.56. The van der Waals surface area contributed by atoms with Crippen molar-refractivity contribution in [3.63, 3.8) is 0 Å². The fourth-order valence-corrected chi connectivity index (χ4v) is 1.96. The fraction of sp³-hybridized carbons (Fsp3) is 0. The first-order valence-electron chi connectivity index (χ1n) is 6.15. The summed E-state index contributed by atoms with van der Waals surface area (Å²) in [6.45, 7) is 0. The second kappa shape index (κ2) is 5.09. The summed E-state index contributed by atoms with van der Waals surface area (Å²) in [5, 5.41) is 11.3. The minimum absolute atomic E-state index is 0.0338. The molecule has 0 unspecified atom stereocenters. The van der Waals surface area contributed by atoms with Gasteiger partial charge in [-0.1, -0.05) is 12.1 Å². The third-order valence-electron chi connectivity index (χ3n) is 2.91. The van der Waals surface area contributed by atoms with Gasteiger partial charge in [-0.25, -0.2) is 9.97 Å². The number of ether oxygens (including phenoxy) is 1. The van der Waals surface area contributed by atoms with Crippen molar-refractivity contribution in [2.75, 3.05) is 0 Å². The molecule has 0 aliphatic rings. The molecule has 1 heterocycles. The van der Waals surface area contributed by atoms with E-state index in [2.05, 4.69) is 9.97 Å². The summed E-state index contributed by atoms with van der Waals surface area (Å²) in [7, 11) is 0. The summed E-state index contributed by atoms with van der Waals surface area (Å²) in [5.74, 6) is -0.0332. The van der Waals surface area contributed by atoms with E-state index in [1.165, 1.54) is 12.4 Å². The van der Waals surface area contributed by atoms with Crippen molar-refractivity contribution in [3.05, 3.63) is 54.5 Å². The van der Waals surface area contributed by atoms with Crippen molar-refractivity contribution in [1.29, 1.82) is 0 Å². The van der Waals surface area contributed by atoms with Crippen LogP contribution in [0.25, 0.3) is 10.8 Å². The molecule has 6 nitrogen and oxygen atoms in total. The molecule has 0 bridgehead atoms. The summed E-state index contributed by atoms with van der Waals surface area (Å²) in [6, 6.07) is 10.3. The Morgan fingerprint density at radius 3 is 2.62 bits per heavy atom. The van der Waals surface area contributed by atoms with Gasteiger partial charge < -0.3 is 15.6 Å². The van der Waals surface area contributed by atoms with Crippen LogP contribution in [0.3, 0.4) is 0 Å². The van der Waals surface area contributed by atoms with Crippen molar-refractivity contribution >= 4 is 16.7 Å². The lowest BCUT2D eigenvalue weighted by molar-refractivity contribution is 0.0992. The molecule has 0 spiro atoms. The minimum atomic E-state index is -0.712. The highest BCUT2D eigenvalue weighted by atomic mass is 16.5. The molecule has 0 fully saturated rings. The predicted molar refractivity (Wildman–Crippen MR) is 76.2 cm³/mol. The van der Waals surface area contributed by atoms with Gasteiger partial charge in [0.05, 0.1) is 0 Å². The molecule has 3 N–H and O–H groups in total. The molecule has 0 saturated heterocycles. The summed E-state index contributed by atoms with van der Waals surface area (Å²) >= 11 is 0. The second-order valence-corrected chi connectivity index (χ2v) is 4.37. The molecule has 3 rings (SSSR count). The number of aromatic nitrogens is 2. The number of phenols is 1. The molecule has 104 valence electrons. The minimum Gasteiger partial charge on any atom is -0.508 e. The number of fused-ring (bicyclic) bond motifs is 1. The Morgan fingerprint density at radius 2 is 1.81 bits per heavy atom. The number of benzene rings is 2. The van der Waals surface area contributed by atoms with Crippen molar-refractivity contribution in [3.8, 4) is 17.4 Å². The van der Waals surface area contributed by atoms with E-state index in [0.29, 0.717) is 5.75 Å². The number of carbonyl (C=O) groups excluding carboxylic acids is 1. The van der Waals surface area contributed by atoms with Gasteiger partial charge in [0, 0.05) is 12.4 Å². The van der Waals surface area contributed by atoms with Gasteiger partial charge in [-0.2, -0.15) is 0 Å². The maximum Gasteiger partial charge on any atom is 0.272 e. The Bertz CT molecular complexity index is 833. The van der Waals surface area contributed by atoms with Crippen molar-refractivity contribution in [1.82, 2.24) is 9.97 Å². The van der Waals surface area contributed by atoms with Crippen LogP contribution in [0.1, 0.15) is 10.5 Å². The van der Waals surface area contributed by atoms with Crippen LogP contribution >= 0.6 is 0 Å². The van der Waals surface area contributed by atoms with E-state index in [-0.39, 0.29) is 17.3 Å². The number of hydrogen-bond donors (Lipinski definition) is 2. The molecule has 1 amide bonds. The predicted octanol–water partition coefficient (Wildman–Crippen LogP) is 2.23. The van der Waals surface area contributed by atoms with E-state index in [9.17, 15) is 9.90 Å². The number of phenolic OH excluding ortho intramolecular Hbond substituents is 1. The van der Waals surface area contributed by atoms with Crippen molar-refractivity contribution in [2.24, 2.45) is 5.73 Å². The number of carbonyl (C=O) groups is 1. The molecular weight excluding hydrogens is 270 g/mol. The van der Waals surface area contributed by atoms with Crippen LogP contribution in [-0.2, 0) is 0 Å². The molecule has 1 aromatic heterocycles. The van der Waals surface area contributed by atoms with E-state index >= 15 is 0 Å². The number of hydrogen-bond acceptors (Lipinski definition) is 5. The van der Waals surface area contributed by atoms with Crippen molar-refractivity contribution < 1.29 is 14.6 Å². The van der Waals surface area contributed by atoms with Crippen LogP contribution in [0.4, 0.5) is 0 Å². The van der Waals surface area contributed by atoms with Gasteiger partial charge in [0.15, 0.2) is 5.69 Å². The number of primary amides is 1. The topological polar surface area (TPSA) is 98.3 Å². The van der Waals surface area contributed by atoms with Crippen LogP contribution < -0.4 is 10.5 Å². The van der Waals surface area contributed by atoms with Crippen LogP contribution in [-0.4, -0.2) is 21.0 Å². The van der Waals surface area contributed by atoms with Gasteiger partial charge in [0.25, 0.3) is 11.8 Å². The molecule has 0 radical (unpaired) electrons. The monoisotopic (exact) mass is 281 g/mol. The molecule has 2 aromatic carbocycles. The standard InChI is InChI=1S/C15H11N3O3/c16-14(20)13-15(18-6-5-17-13)21-12-4-2-9-1-3-11(19)7-10(9)8-12/h1-8,19H,(H2,16,20). The zero-order valence-corrected chi connectivity index (χ0v) is 10.9. The Kier molecular flexibility index (Phi) is 3.12. The fourth-order valence-electron chi connectivity index (χ4n) is 1.96. The van der Waals surface area contributed by atoms with E-state index in [1.807, 2.05) is 6.07 Å². The smallest absolute Gasteiger partial charge is 0.272 e. The third-order valence-corrected chi connectivity index (χ3v) is 2.91. The van der Waals surface area contributed by atoms with Gasteiger partial charge in [-0.05, 0) is 35.0 Å². The Morgan fingerprint density at radius 1 is 1.05 bits per heavy atom. The van der Waals surface area contributed by atoms with E-state index in [4.69, 9.17) is 10.5 Å². The SMILES string of the molecule is NC(=O)c1nccnc1Oc1ccc2ccc(O)cc2c1. The lowest BCUT2D eigenvalue weighted by atomic mass is 10.1. The summed E-state index contributed by atoms with van der Waals surface area (Å²) in [6.07, 6.45) is 2.78. The number of nitrogens with two attached hydrogens (primary N) is 1. The molecule has 6 heteroatoms. The number of amides is 1. The highest BCUT2D eigenvalue weighted by molar-refractivity contribution is 5.93. The zero-order chi connectivity index (χ0) is 14.8. The largest absolute Gasteiger partial charge is 0.508 e. The van der Waals surface area contributed by atoms with Crippen LogP contribution in [0.15, 0.2) is 48.8 Å². The summed E-state index contributed by atoms with van der Waals surface area (Å²) in [4.78, 5) is 19.1. The van der Waals surface area contributed by atoms with Gasteiger partial charge in [-0.15, -0.1) is 0 Å². The van der Waals surface area contributed by atoms with E-state index in [1.54, 1.807) is 30.3 Å². The third kappa shape index (κ3) is 2.59. The molecule has 0 aliphatic carbocycles. The lowest BCUT2D eigenvalue weighted by Crippen LogP contribution is -2.14. The Hall–Kier alpha value is -3.15. The molecule has 0 atom stereocenters. The average Bonchev–Trinajstić information content (AvgIpc) is 2.47. The first-order chi connectivity index (χ1) is 10.1. The highest BCUT2D eigenvalue weighted by Gasteiger charge is 2.13. The zero-order valence-electron chi connectivity index (χ0n) is 10.9. The second-order valence-electron chi connectivity index (χ2n) is 4.37. The lowest BCUT2D eigenvalue weighted by Gasteiger charge is -2.08. The van der Waals surface area contributed by atoms with Gasteiger partial charge in [0.2, 0.25) is 0 Å². The van der Waals surface area contributed by atoms with Crippen LogP contribution in [0.5, 0.6) is 17.4 Å². The molecule has 0 aliphatic heterocycles. The normalized spacial score (nSPS) is 10.5. The van der Waals surface area contributed by atoms with Crippen LogP contribution in [0.2, 0.25) is 0 Å². The number of nitrogens with zero attached hydrogens (tertiary/aromatic N) is 2. The maximum atomic E-state index is 11.3. The number of rotatable bonds is 3. The molecule has 3 aromatic rings. The van der Waals surface area contributed by atoms with Gasteiger partial charge >= 0.3 is 0 Å². The molecular formula is C15H11N3O3. The Balaban J connectivity index is 2.00.